The zero-order valence-corrected chi connectivity index (χ0v) is 17.3. The number of nitrogens with one attached hydrogen (secondary N) is 2. The van der Waals surface area contributed by atoms with Crippen LogP contribution < -0.4 is 24.5 Å². The Bertz CT molecular complexity index is 1030. The summed E-state index contributed by atoms with van der Waals surface area (Å²) in [5.74, 6) is -0.481. The van der Waals surface area contributed by atoms with Crippen LogP contribution in [-0.2, 0) is 16.2 Å². The van der Waals surface area contributed by atoms with Gasteiger partial charge >= 0.3 is 6.18 Å². The number of hydrogen-bond acceptors (Lipinski definition) is 6. The van der Waals surface area contributed by atoms with E-state index in [-0.39, 0.29) is 22.8 Å². The molecular weight excluding hydrogens is 453 g/mol. The Kier molecular flexibility index (Phi) is 7.06. The van der Waals surface area contributed by atoms with Gasteiger partial charge in [0.1, 0.15) is 4.90 Å². The van der Waals surface area contributed by atoms with Crippen LogP contribution in [0.25, 0.3) is 0 Å². The molecule has 0 bridgehead atoms. The van der Waals surface area contributed by atoms with Gasteiger partial charge in [-0.15, -0.1) is 4.83 Å². The fourth-order valence-corrected chi connectivity index (χ4v) is 3.70. The highest BCUT2D eigenvalue weighted by Crippen LogP contribution is 2.38. The summed E-state index contributed by atoms with van der Waals surface area (Å²) in [6.45, 7) is 0. The van der Waals surface area contributed by atoms with Gasteiger partial charge in [-0.2, -0.15) is 13.2 Å². The largest absolute Gasteiger partial charge is 0.493 e. The fourth-order valence-electron chi connectivity index (χ4n) is 2.34. The third kappa shape index (κ3) is 5.07. The Hall–Kier alpha value is -2.70. The lowest BCUT2D eigenvalue weighted by Crippen LogP contribution is -2.41. The van der Waals surface area contributed by atoms with E-state index in [0.717, 1.165) is 6.07 Å². The second-order valence-corrected chi connectivity index (χ2v) is 7.67. The summed E-state index contributed by atoms with van der Waals surface area (Å²) in [5.41, 5.74) is 0.594. The monoisotopic (exact) mass is 468 g/mol. The van der Waals surface area contributed by atoms with Crippen molar-refractivity contribution in [2.75, 3.05) is 21.3 Å². The maximum absolute atomic E-state index is 12.9. The number of carbonyl (C=O) groups excluding carboxylic acids is 1. The average Bonchev–Trinajstić information content (AvgIpc) is 2.70. The molecule has 0 heterocycles. The molecule has 2 aromatic carbocycles. The van der Waals surface area contributed by atoms with Crippen molar-refractivity contribution in [2.24, 2.45) is 0 Å². The maximum Gasteiger partial charge on any atom is 0.416 e. The van der Waals surface area contributed by atoms with E-state index in [1.807, 2.05) is 5.43 Å². The van der Waals surface area contributed by atoms with Crippen molar-refractivity contribution >= 4 is 27.5 Å². The van der Waals surface area contributed by atoms with Gasteiger partial charge in [0.2, 0.25) is 5.75 Å². The smallest absolute Gasteiger partial charge is 0.416 e. The first-order valence-electron chi connectivity index (χ1n) is 7.93. The third-order valence-electron chi connectivity index (χ3n) is 3.77. The van der Waals surface area contributed by atoms with Crippen molar-refractivity contribution in [3.8, 4) is 17.2 Å². The highest BCUT2D eigenvalue weighted by Gasteiger charge is 2.33. The second-order valence-electron chi connectivity index (χ2n) is 5.62. The maximum atomic E-state index is 12.9. The molecule has 0 fully saturated rings. The normalized spacial score (nSPS) is 11.7. The van der Waals surface area contributed by atoms with Crippen LogP contribution in [0, 0.1) is 0 Å². The Balaban J connectivity index is 2.30. The van der Waals surface area contributed by atoms with Crippen LogP contribution in [0.15, 0.2) is 35.2 Å². The predicted octanol–water partition coefficient (Wildman–Crippen LogP) is 3.01. The van der Waals surface area contributed by atoms with Gasteiger partial charge in [-0.1, -0.05) is 11.6 Å². The number of amides is 1. The number of sulfonamides is 1. The van der Waals surface area contributed by atoms with E-state index in [4.69, 9.17) is 25.8 Å². The van der Waals surface area contributed by atoms with E-state index in [1.54, 1.807) is 4.83 Å². The number of carbonyl (C=O) groups is 1. The molecule has 8 nitrogen and oxygen atoms in total. The number of hydrogen-bond donors (Lipinski definition) is 2. The lowest BCUT2D eigenvalue weighted by atomic mass is 10.1. The first-order chi connectivity index (χ1) is 13.9. The summed E-state index contributed by atoms with van der Waals surface area (Å²) in [6, 6.07) is 4.29. The van der Waals surface area contributed by atoms with Crippen molar-refractivity contribution in [1.82, 2.24) is 10.3 Å². The number of halogens is 4. The molecule has 2 rings (SSSR count). The van der Waals surface area contributed by atoms with Crippen molar-refractivity contribution < 1.29 is 40.6 Å². The van der Waals surface area contributed by atoms with Gasteiger partial charge < -0.3 is 14.2 Å². The highest BCUT2D eigenvalue weighted by atomic mass is 35.5. The van der Waals surface area contributed by atoms with Gasteiger partial charge in [0, 0.05) is 5.56 Å². The molecule has 0 aromatic heterocycles. The quantitative estimate of drug-likeness (QED) is 0.606. The molecule has 2 N–H and O–H groups in total. The summed E-state index contributed by atoms with van der Waals surface area (Å²) in [6.07, 6.45) is -4.78. The number of methoxy groups -OCH3 is 3. The molecule has 2 aromatic rings. The highest BCUT2D eigenvalue weighted by molar-refractivity contribution is 7.89. The van der Waals surface area contributed by atoms with Gasteiger partial charge in [-0.05, 0) is 30.3 Å². The van der Waals surface area contributed by atoms with E-state index < -0.39 is 37.6 Å². The van der Waals surface area contributed by atoms with Gasteiger partial charge in [0.25, 0.3) is 15.9 Å². The molecule has 0 spiro atoms. The van der Waals surface area contributed by atoms with E-state index in [0.29, 0.717) is 12.1 Å². The molecule has 30 heavy (non-hydrogen) atoms. The fraction of sp³-hybridized carbons (Fsp3) is 0.235. The molecule has 0 atom stereocenters. The summed E-state index contributed by atoms with van der Waals surface area (Å²) in [4.78, 5) is 13.2. The molecule has 0 radical (unpaired) electrons. The number of benzene rings is 2. The van der Waals surface area contributed by atoms with Crippen LogP contribution in [0.2, 0.25) is 5.02 Å². The number of hydrazine groups is 1. The molecule has 0 aliphatic heterocycles. The minimum absolute atomic E-state index is 0.0812. The number of ether oxygens (including phenoxy) is 3. The van der Waals surface area contributed by atoms with Gasteiger partial charge in [-0.3, -0.25) is 10.2 Å². The molecule has 0 unspecified atom stereocenters. The van der Waals surface area contributed by atoms with Crippen LogP contribution in [0.1, 0.15) is 15.9 Å². The van der Waals surface area contributed by atoms with E-state index in [2.05, 4.69) is 0 Å². The number of alkyl halides is 3. The third-order valence-corrected chi connectivity index (χ3v) is 5.50. The van der Waals surface area contributed by atoms with Crippen molar-refractivity contribution in [2.45, 2.75) is 11.1 Å². The topological polar surface area (TPSA) is 103 Å². The van der Waals surface area contributed by atoms with E-state index in [9.17, 15) is 26.4 Å². The second kappa shape index (κ2) is 8.98. The Morgan fingerprint density at radius 1 is 1.00 bits per heavy atom. The lowest BCUT2D eigenvalue weighted by molar-refractivity contribution is -0.137. The van der Waals surface area contributed by atoms with Crippen molar-refractivity contribution in [3.63, 3.8) is 0 Å². The molecule has 0 aliphatic rings. The number of rotatable bonds is 7. The van der Waals surface area contributed by atoms with Crippen LogP contribution >= 0.6 is 11.6 Å². The van der Waals surface area contributed by atoms with Gasteiger partial charge in [0.15, 0.2) is 11.5 Å². The zero-order valence-electron chi connectivity index (χ0n) is 15.8. The Morgan fingerprint density at radius 3 is 2.03 bits per heavy atom. The minimum atomic E-state index is -4.78. The summed E-state index contributed by atoms with van der Waals surface area (Å²) in [7, 11) is -0.634. The molecule has 0 saturated carbocycles. The molecule has 0 aliphatic carbocycles. The van der Waals surface area contributed by atoms with E-state index >= 15 is 0 Å². The minimum Gasteiger partial charge on any atom is -0.493 e. The average molecular weight is 469 g/mol. The van der Waals surface area contributed by atoms with Crippen LogP contribution in [-0.4, -0.2) is 35.7 Å². The Labute approximate surface area is 174 Å². The predicted molar refractivity (Wildman–Crippen MR) is 100 cm³/mol. The standard InChI is InChI=1S/C17H16ClF3N2O6S/c1-27-12-6-9(7-13(28-2)15(12)29-3)16(24)22-23-30(25,26)14-8-10(17(19,20)21)4-5-11(14)18/h4-8,23H,1-3H3,(H,22,24). The van der Waals surface area contributed by atoms with E-state index in [1.165, 1.54) is 33.5 Å². The van der Waals surface area contributed by atoms with Gasteiger partial charge in [-0.25, -0.2) is 8.42 Å². The van der Waals surface area contributed by atoms with Crippen LogP contribution in [0.4, 0.5) is 13.2 Å². The summed E-state index contributed by atoms with van der Waals surface area (Å²) in [5, 5.41) is -0.461. The molecular formula is C17H16ClF3N2O6S. The Morgan fingerprint density at radius 2 is 1.57 bits per heavy atom. The molecule has 13 heteroatoms. The van der Waals surface area contributed by atoms with Crippen LogP contribution in [0.3, 0.4) is 0 Å². The molecule has 1 amide bonds. The van der Waals surface area contributed by atoms with Crippen molar-refractivity contribution in [1.29, 1.82) is 0 Å². The molecule has 164 valence electrons. The zero-order chi connectivity index (χ0) is 22.7. The SMILES string of the molecule is COc1cc(C(=O)NNS(=O)(=O)c2cc(C(F)(F)F)ccc2Cl)cc(OC)c1OC. The van der Waals surface area contributed by atoms with Crippen LogP contribution in [0.5, 0.6) is 17.2 Å². The first-order valence-corrected chi connectivity index (χ1v) is 9.79. The summed E-state index contributed by atoms with van der Waals surface area (Å²) >= 11 is 5.73. The lowest BCUT2D eigenvalue weighted by Gasteiger charge is -2.15. The molecule has 0 saturated heterocycles. The first kappa shape index (κ1) is 23.6. The van der Waals surface area contributed by atoms with Gasteiger partial charge in [0.05, 0.1) is 31.9 Å². The van der Waals surface area contributed by atoms with Crippen molar-refractivity contribution in [3.05, 3.63) is 46.5 Å². The summed E-state index contributed by atoms with van der Waals surface area (Å²) < 4.78 is 78.6.